The smallest absolute Gasteiger partial charge is 0.260 e. The second kappa shape index (κ2) is 6.94. The van der Waals surface area contributed by atoms with E-state index in [9.17, 15) is 13.6 Å². The molecule has 0 aromatic carbocycles. The number of nitrogens with zero attached hydrogens (tertiary/aromatic N) is 4. The minimum absolute atomic E-state index is 0.0310. The van der Waals surface area contributed by atoms with Crippen LogP contribution < -0.4 is 5.32 Å². The third-order valence-electron chi connectivity index (χ3n) is 5.28. The normalized spacial score (nSPS) is 25.8. The number of nitrogens with one attached hydrogen (secondary N) is 1. The van der Waals surface area contributed by atoms with Crippen LogP contribution in [0.15, 0.2) is 17.8 Å². The number of anilines is 1. The highest BCUT2D eigenvalue weighted by atomic mass is 32.1. The van der Waals surface area contributed by atoms with E-state index in [4.69, 9.17) is 0 Å². The van der Waals surface area contributed by atoms with Crippen molar-refractivity contribution >= 4 is 23.2 Å². The summed E-state index contributed by atoms with van der Waals surface area (Å²) in [6.45, 7) is 3.27. The molecule has 2 aliphatic rings. The Balaban J connectivity index is 1.49. The van der Waals surface area contributed by atoms with Gasteiger partial charge in [-0.1, -0.05) is 0 Å². The van der Waals surface area contributed by atoms with E-state index < -0.39 is 12.5 Å². The summed E-state index contributed by atoms with van der Waals surface area (Å²) >= 11 is 1.56. The SMILES string of the molecule is Cc1cc(C(=O)N2CCC[C@H]([C@@H]3C[C@H](C(F)F)n4ncnc4N3)C2)cs1. The predicted molar refractivity (Wildman–Crippen MR) is 94.8 cm³/mol. The maximum atomic E-state index is 13.5. The first-order chi connectivity index (χ1) is 12.5. The van der Waals surface area contributed by atoms with Gasteiger partial charge >= 0.3 is 0 Å². The zero-order valence-electron chi connectivity index (χ0n) is 14.4. The Morgan fingerprint density at radius 1 is 1.46 bits per heavy atom. The molecule has 9 heteroatoms. The van der Waals surface area contributed by atoms with E-state index >= 15 is 0 Å². The van der Waals surface area contributed by atoms with Crippen molar-refractivity contribution in [2.45, 2.75) is 44.7 Å². The maximum absolute atomic E-state index is 13.5. The van der Waals surface area contributed by atoms with Crippen LogP contribution in [0.3, 0.4) is 0 Å². The van der Waals surface area contributed by atoms with Crippen LogP contribution in [0.1, 0.15) is 40.5 Å². The number of rotatable bonds is 3. The lowest BCUT2D eigenvalue weighted by atomic mass is 9.86. The number of halogens is 2. The number of piperidine rings is 1. The van der Waals surface area contributed by atoms with E-state index in [1.807, 2.05) is 23.3 Å². The Bertz CT molecular complexity index is 792. The van der Waals surface area contributed by atoms with Crippen molar-refractivity contribution in [2.24, 2.45) is 5.92 Å². The molecule has 140 valence electrons. The van der Waals surface area contributed by atoms with Crippen LogP contribution in [-0.2, 0) is 0 Å². The molecule has 4 heterocycles. The van der Waals surface area contributed by atoms with Crippen molar-refractivity contribution < 1.29 is 13.6 Å². The van der Waals surface area contributed by atoms with Crippen molar-refractivity contribution in [2.75, 3.05) is 18.4 Å². The molecule has 0 aliphatic carbocycles. The largest absolute Gasteiger partial charge is 0.351 e. The quantitative estimate of drug-likeness (QED) is 0.887. The Hall–Kier alpha value is -2.03. The molecular formula is C17H21F2N5OS. The minimum Gasteiger partial charge on any atom is -0.351 e. The van der Waals surface area contributed by atoms with E-state index in [2.05, 4.69) is 15.4 Å². The van der Waals surface area contributed by atoms with Gasteiger partial charge in [0.1, 0.15) is 12.4 Å². The average molecular weight is 381 g/mol. The van der Waals surface area contributed by atoms with E-state index in [-0.39, 0.29) is 24.3 Å². The molecule has 3 atom stereocenters. The molecule has 6 nitrogen and oxygen atoms in total. The minimum atomic E-state index is -2.49. The maximum Gasteiger partial charge on any atom is 0.260 e. The average Bonchev–Trinajstić information content (AvgIpc) is 3.28. The molecule has 0 bridgehead atoms. The number of hydrogen-bond acceptors (Lipinski definition) is 5. The number of hydrogen-bond donors (Lipinski definition) is 1. The third kappa shape index (κ3) is 3.20. The number of amides is 1. The number of carbonyl (C=O) groups is 1. The van der Waals surface area contributed by atoms with Gasteiger partial charge in [-0.05, 0) is 38.2 Å². The van der Waals surface area contributed by atoms with Crippen molar-refractivity contribution in [3.8, 4) is 0 Å². The lowest BCUT2D eigenvalue weighted by Gasteiger charge is -2.40. The van der Waals surface area contributed by atoms with Gasteiger partial charge < -0.3 is 10.2 Å². The monoisotopic (exact) mass is 381 g/mol. The fraction of sp³-hybridized carbons (Fsp3) is 0.588. The van der Waals surface area contributed by atoms with Crippen molar-refractivity contribution in [1.29, 1.82) is 0 Å². The first-order valence-corrected chi connectivity index (χ1v) is 9.69. The van der Waals surface area contributed by atoms with Crippen LogP contribution in [-0.4, -0.2) is 51.1 Å². The number of aryl methyl sites for hydroxylation is 1. The first kappa shape index (κ1) is 17.4. The highest BCUT2D eigenvalue weighted by molar-refractivity contribution is 7.10. The van der Waals surface area contributed by atoms with Gasteiger partial charge in [-0.15, -0.1) is 11.3 Å². The number of alkyl halides is 2. The molecule has 1 amide bonds. The van der Waals surface area contributed by atoms with Gasteiger partial charge in [0, 0.05) is 29.4 Å². The summed E-state index contributed by atoms with van der Waals surface area (Å²) in [5, 5.41) is 9.06. The number of carbonyl (C=O) groups excluding carboxylic acids is 1. The van der Waals surface area contributed by atoms with Gasteiger partial charge in [0.15, 0.2) is 0 Å². The zero-order chi connectivity index (χ0) is 18.3. The molecule has 26 heavy (non-hydrogen) atoms. The molecule has 1 saturated heterocycles. The number of fused-ring (bicyclic) bond motifs is 1. The van der Waals surface area contributed by atoms with Crippen LogP contribution >= 0.6 is 11.3 Å². The second-order valence-electron chi connectivity index (χ2n) is 7.02. The molecule has 2 aromatic heterocycles. The van der Waals surface area contributed by atoms with Gasteiger partial charge in [0.25, 0.3) is 12.3 Å². The van der Waals surface area contributed by atoms with Crippen LogP contribution in [0.4, 0.5) is 14.7 Å². The van der Waals surface area contributed by atoms with E-state index in [1.165, 1.54) is 11.0 Å². The highest BCUT2D eigenvalue weighted by Gasteiger charge is 2.39. The lowest BCUT2D eigenvalue weighted by Crippen LogP contribution is -2.48. The molecular weight excluding hydrogens is 360 g/mol. The number of likely N-dealkylation sites (tertiary alicyclic amines) is 1. The summed E-state index contributed by atoms with van der Waals surface area (Å²) in [5.41, 5.74) is 0.718. The van der Waals surface area contributed by atoms with Gasteiger partial charge in [-0.25, -0.2) is 13.5 Å². The topological polar surface area (TPSA) is 63.1 Å². The Morgan fingerprint density at radius 3 is 3.04 bits per heavy atom. The van der Waals surface area contributed by atoms with Crippen LogP contribution in [0.5, 0.6) is 0 Å². The van der Waals surface area contributed by atoms with Crippen LogP contribution in [0.2, 0.25) is 0 Å². The second-order valence-corrected chi connectivity index (χ2v) is 8.13. The lowest BCUT2D eigenvalue weighted by molar-refractivity contribution is 0.0504. The summed E-state index contributed by atoms with van der Waals surface area (Å²) in [4.78, 5) is 19.8. The molecule has 0 spiro atoms. The van der Waals surface area contributed by atoms with Crippen molar-refractivity contribution in [3.05, 3.63) is 28.2 Å². The summed E-state index contributed by atoms with van der Waals surface area (Å²) < 4.78 is 28.2. The van der Waals surface area contributed by atoms with Gasteiger partial charge in [0.2, 0.25) is 5.95 Å². The molecule has 2 aliphatic heterocycles. The van der Waals surface area contributed by atoms with Crippen LogP contribution in [0, 0.1) is 12.8 Å². The molecule has 4 rings (SSSR count). The molecule has 1 fully saturated rings. The van der Waals surface area contributed by atoms with E-state index in [1.54, 1.807) is 11.3 Å². The molecule has 0 unspecified atom stereocenters. The summed E-state index contributed by atoms with van der Waals surface area (Å²) in [6.07, 6.45) is 0.890. The van der Waals surface area contributed by atoms with E-state index in [0.717, 1.165) is 23.3 Å². The fourth-order valence-electron chi connectivity index (χ4n) is 3.96. The number of thiophene rings is 1. The Morgan fingerprint density at radius 2 is 2.31 bits per heavy atom. The van der Waals surface area contributed by atoms with Crippen LogP contribution in [0.25, 0.3) is 0 Å². The van der Waals surface area contributed by atoms with E-state index in [0.29, 0.717) is 19.0 Å². The predicted octanol–water partition coefficient (Wildman–Crippen LogP) is 3.19. The summed E-state index contributed by atoms with van der Waals surface area (Å²) in [6, 6.07) is 0.806. The standard InChI is InChI=1S/C17H21F2N5OS/c1-10-5-12(8-26-10)16(25)23-4-2-3-11(7-23)13-6-14(15(18)19)24-17(22-13)20-9-21-24/h5,8-9,11,13-15H,2-4,6-7H2,1H3,(H,20,21,22)/t11-,13-,14+/m0/s1. The fourth-order valence-corrected chi connectivity index (χ4v) is 4.64. The Labute approximate surface area is 154 Å². The van der Waals surface area contributed by atoms with Gasteiger partial charge in [-0.3, -0.25) is 4.79 Å². The van der Waals surface area contributed by atoms with Crippen molar-refractivity contribution in [3.63, 3.8) is 0 Å². The summed E-state index contributed by atoms with van der Waals surface area (Å²) in [7, 11) is 0. The van der Waals surface area contributed by atoms with Crippen molar-refractivity contribution in [1.82, 2.24) is 19.7 Å². The Kier molecular flexibility index (Phi) is 4.64. The summed E-state index contributed by atoms with van der Waals surface area (Å²) in [5.74, 6) is 0.547. The molecule has 2 aromatic rings. The highest BCUT2D eigenvalue weighted by Crippen LogP contribution is 2.35. The molecule has 1 N–H and O–H groups in total. The third-order valence-corrected chi connectivity index (χ3v) is 6.14. The van der Waals surface area contributed by atoms with Gasteiger partial charge in [-0.2, -0.15) is 10.1 Å². The zero-order valence-corrected chi connectivity index (χ0v) is 15.3. The van der Waals surface area contributed by atoms with Gasteiger partial charge in [0.05, 0.1) is 5.56 Å². The number of aromatic nitrogens is 3. The first-order valence-electron chi connectivity index (χ1n) is 8.81. The molecule has 0 radical (unpaired) electrons. The molecule has 0 saturated carbocycles.